The number of benzene rings is 1. The summed E-state index contributed by atoms with van der Waals surface area (Å²) in [4.78, 5) is 1.64. The lowest BCUT2D eigenvalue weighted by Crippen LogP contribution is -3.11. The Bertz CT molecular complexity index is 354. The Balaban J connectivity index is 2.21. The van der Waals surface area contributed by atoms with Gasteiger partial charge in [-0.1, -0.05) is 11.6 Å². The van der Waals surface area contributed by atoms with Gasteiger partial charge >= 0.3 is 0 Å². The molecule has 0 unspecified atom stereocenters. The van der Waals surface area contributed by atoms with Gasteiger partial charge in [-0.2, -0.15) is 0 Å². The lowest BCUT2D eigenvalue weighted by molar-refractivity contribution is -0.898. The number of hydrogen-bond donors (Lipinski definition) is 2. The van der Waals surface area contributed by atoms with Crippen LogP contribution in [0.15, 0.2) is 18.2 Å². The van der Waals surface area contributed by atoms with Crippen molar-refractivity contribution >= 4 is 11.6 Å². The van der Waals surface area contributed by atoms with Crippen molar-refractivity contribution in [2.24, 2.45) is 0 Å². The Morgan fingerprint density at radius 1 is 1.28 bits per heavy atom. The van der Waals surface area contributed by atoms with Crippen molar-refractivity contribution in [2.75, 3.05) is 26.2 Å². The topological polar surface area (TPSA) is 21.1 Å². The molecule has 102 valence electrons. The largest absolute Gasteiger partial charge is 0.342 e. The predicted molar refractivity (Wildman–Crippen MR) is 73.4 cm³/mol. The first-order valence-electron chi connectivity index (χ1n) is 6.76. The first kappa shape index (κ1) is 15.4. The number of nitrogens with two attached hydrogens (primary N) is 1. The molecule has 1 aromatic rings. The predicted octanol–water partition coefficient (Wildman–Crippen LogP) is 0.857. The van der Waals surface area contributed by atoms with E-state index in [1.807, 2.05) is 0 Å². The van der Waals surface area contributed by atoms with E-state index in [9.17, 15) is 4.39 Å². The zero-order valence-corrected chi connectivity index (χ0v) is 12.1. The average Bonchev–Trinajstić information content (AvgIpc) is 2.36. The highest BCUT2D eigenvalue weighted by Gasteiger charge is 2.05. The Morgan fingerprint density at radius 3 is 2.61 bits per heavy atom. The molecule has 1 aromatic carbocycles. The third-order valence-corrected chi connectivity index (χ3v) is 3.67. The van der Waals surface area contributed by atoms with Crippen LogP contribution in [-0.2, 0) is 6.54 Å². The van der Waals surface area contributed by atoms with Crippen molar-refractivity contribution in [3.05, 3.63) is 34.6 Å². The molecule has 2 nitrogen and oxygen atoms in total. The van der Waals surface area contributed by atoms with Crippen molar-refractivity contribution in [1.29, 1.82) is 0 Å². The number of rotatable bonds is 8. The van der Waals surface area contributed by atoms with Gasteiger partial charge in [-0.05, 0) is 32.0 Å². The first-order chi connectivity index (χ1) is 8.67. The normalized spacial score (nSPS) is 11.2. The molecule has 0 bridgehead atoms. The van der Waals surface area contributed by atoms with E-state index >= 15 is 0 Å². The van der Waals surface area contributed by atoms with Crippen molar-refractivity contribution in [3.8, 4) is 0 Å². The van der Waals surface area contributed by atoms with Gasteiger partial charge in [0.05, 0.1) is 31.2 Å². The van der Waals surface area contributed by atoms with E-state index in [0.29, 0.717) is 5.02 Å². The van der Waals surface area contributed by atoms with E-state index in [1.165, 1.54) is 38.2 Å². The van der Waals surface area contributed by atoms with Gasteiger partial charge in [-0.15, -0.1) is 0 Å². The number of hydrogen-bond acceptors (Lipinski definition) is 0. The molecule has 0 aromatic heterocycles. The molecule has 0 saturated heterocycles. The minimum Gasteiger partial charge on any atom is -0.342 e. The van der Waals surface area contributed by atoms with E-state index in [1.54, 1.807) is 11.0 Å². The summed E-state index contributed by atoms with van der Waals surface area (Å²) in [5, 5.41) is 2.77. The van der Waals surface area contributed by atoms with Crippen LogP contribution in [0, 0.1) is 5.82 Å². The van der Waals surface area contributed by atoms with Crippen LogP contribution in [0.5, 0.6) is 0 Å². The van der Waals surface area contributed by atoms with E-state index in [-0.39, 0.29) is 5.82 Å². The molecule has 18 heavy (non-hydrogen) atoms. The molecule has 1 rings (SSSR count). The average molecular weight is 275 g/mol. The van der Waals surface area contributed by atoms with E-state index in [4.69, 9.17) is 11.6 Å². The van der Waals surface area contributed by atoms with Crippen LogP contribution in [0.3, 0.4) is 0 Å². The van der Waals surface area contributed by atoms with Gasteiger partial charge in [-0.3, -0.25) is 0 Å². The van der Waals surface area contributed by atoms with Crippen LogP contribution in [0.4, 0.5) is 4.39 Å². The van der Waals surface area contributed by atoms with Crippen LogP contribution in [-0.4, -0.2) is 26.2 Å². The highest BCUT2D eigenvalue weighted by molar-refractivity contribution is 6.31. The summed E-state index contributed by atoms with van der Waals surface area (Å²) in [6.07, 6.45) is 1.20. The van der Waals surface area contributed by atoms with Gasteiger partial charge in [0.1, 0.15) is 12.4 Å². The maximum absolute atomic E-state index is 12.9. The van der Waals surface area contributed by atoms with Gasteiger partial charge in [0.25, 0.3) is 0 Å². The van der Waals surface area contributed by atoms with E-state index in [2.05, 4.69) is 19.2 Å². The van der Waals surface area contributed by atoms with Crippen molar-refractivity contribution in [1.82, 2.24) is 0 Å². The van der Waals surface area contributed by atoms with Crippen LogP contribution in [0.2, 0.25) is 5.02 Å². The third-order valence-electron chi connectivity index (χ3n) is 3.32. The second kappa shape index (κ2) is 8.46. The zero-order chi connectivity index (χ0) is 13.4. The SMILES string of the molecule is CC[NH+](CC)CCC[NH2+]Cc1ccc(F)cc1Cl. The van der Waals surface area contributed by atoms with Crippen LogP contribution < -0.4 is 10.2 Å². The summed E-state index contributed by atoms with van der Waals surface area (Å²) < 4.78 is 12.9. The molecule has 0 fully saturated rings. The fraction of sp³-hybridized carbons (Fsp3) is 0.571. The molecule has 0 aliphatic rings. The van der Waals surface area contributed by atoms with Crippen LogP contribution >= 0.6 is 11.6 Å². The van der Waals surface area contributed by atoms with Crippen LogP contribution in [0.1, 0.15) is 25.8 Å². The van der Waals surface area contributed by atoms with Gasteiger partial charge in [0, 0.05) is 12.0 Å². The first-order valence-corrected chi connectivity index (χ1v) is 7.14. The summed E-state index contributed by atoms with van der Waals surface area (Å²) in [5.41, 5.74) is 1.01. The molecule has 4 heteroatoms. The third kappa shape index (κ3) is 5.34. The van der Waals surface area contributed by atoms with Gasteiger partial charge in [0.15, 0.2) is 0 Å². The van der Waals surface area contributed by atoms with Crippen LogP contribution in [0.25, 0.3) is 0 Å². The Hall–Kier alpha value is -0.640. The van der Waals surface area contributed by atoms with E-state index in [0.717, 1.165) is 18.7 Å². The summed E-state index contributed by atoms with van der Waals surface area (Å²) in [5.74, 6) is -0.270. The number of halogens is 2. The van der Waals surface area contributed by atoms with Gasteiger partial charge in [0.2, 0.25) is 0 Å². The summed E-state index contributed by atoms with van der Waals surface area (Å²) in [6, 6.07) is 4.61. The highest BCUT2D eigenvalue weighted by atomic mass is 35.5. The Morgan fingerprint density at radius 2 is 2.00 bits per heavy atom. The summed E-state index contributed by atoms with van der Waals surface area (Å²) >= 11 is 5.97. The molecular formula is C14H24ClFN2+2. The molecule has 0 saturated carbocycles. The Kier molecular flexibility index (Phi) is 7.25. The highest BCUT2D eigenvalue weighted by Crippen LogP contribution is 2.15. The molecule has 0 atom stereocenters. The van der Waals surface area contributed by atoms with E-state index < -0.39 is 0 Å². The molecule has 3 N–H and O–H groups in total. The maximum Gasteiger partial charge on any atom is 0.124 e. The monoisotopic (exact) mass is 274 g/mol. The number of quaternary nitrogens is 2. The van der Waals surface area contributed by atoms with Crippen molar-refractivity contribution in [3.63, 3.8) is 0 Å². The second-order valence-electron chi connectivity index (χ2n) is 4.58. The molecule has 0 aliphatic carbocycles. The smallest absolute Gasteiger partial charge is 0.124 e. The summed E-state index contributed by atoms with van der Waals surface area (Å²) in [6.45, 7) is 9.98. The molecule has 0 heterocycles. The number of nitrogens with one attached hydrogen (secondary N) is 1. The quantitative estimate of drug-likeness (QED) is 0.656. The molecular weight excluding hydrogens is 251 g/mol. The van der Waals surface area contributed by atoms with Gasteiger partial charge in [-0.25, -0.2) is 4.39 Å². The lowest BCUT2D eigenvalue weighted by atomic mass is 10.2. The van der Waals surface area contributed by atoms with Crippen molar-refractivity contribution in [2.45, 2.75) is 26.8 Å². The minimum atomic E-state index is -0.270. The fourth-order valence-corrected chi connectivity index (χ4v) is 2.29. The molecule has 0 spiro atoms. The second-order valence-corrected chi connectivity index (χ2v) is 4.99. The molecule has 0 amide bonds. The molecule has 0 aliphatic heterocycles. The molecule has 0 radical (unpaired) electrons. The van der Waals surface area contributed by atoms with Gasteiger partial charge < -0.3 is 10.2 Å². The fourth-order valence-electron chi connectivity index (χ4n) is 2.04. The zero-order valence-electron chi connectivity index (χ0n) is 11.3. The summed E-state index contributed by atoms with van der Waals surface area (Å²) in [7, 11) is 0. The lowest BCUT2D eigenvalue weighted by Gasteiger charge is -2.14. The van der Waals surface area contributed by atoms with Crippen molar-refractivity contribution < 1.29 is 14.6 Å². The maximum atomic E-state index is 12.9. The standard InChI is InChI=1S/C14H22ClFN2/c1-3-18(4-2)9-5-8-17-11-12-6-7-13(16)10-14(12)15/h6-7,10,17H,3-5,8-9,11H2,1-2H3/p+2. The Labute approximate surface area is 114 Å². The minimum absolute atomic E-state index is 0.270.